The lowest BCUT2D eigenvalue weighted by atomic mass is 9.84. The summed E-state index contributed by atoms with van der Waals surface area (Å²) >= 11 is 0. The molecule has 4 nitrogen and oxygen atoms in total. The summed E-state index contributed by atoms with van der Waals surface area (Å²) in [5.74, 6) is -0.873. The highest BCUT2D eigenvalue weighted by Gasteiger charge is 2.31. The molecule has 110 valence electrons. The van der Waals surface area contributed by atoms with Crippen molar-refractivity contribution in [3.05, 3.63) is 35.9 Å². The first kappa shape index (κ1) is 16.2. The summed E-state index contributed by atoms with van der Waals surface area (Å²) in [6.45, 7) is 6.49. The average molecular weight is 277 g/mol. The van der Waals surface area contributed by atoms with E-state index >= 15 is 0 Å². The second-order valence-electron chi connectivity index (χ2n) is 5.57. The van der Waals surface area contributed by atoms with Crippen molar-refractivity contribution in [1.29, 1.82) is 0 Å². The molecule has 0 bridgehead atoms. The van der Waals surface area contributed by atoms with Gasteiger partial charge in [-0.1, -0.05) is 44.2 Å². The van der Waals surface area contributed by atoms with Gasteiger partial charge in [0.05, 0.1) is 6.42 Å². The lowest BCUT2D eigenvalue weighted by Gasteiger charge is -2.31. The molecule has 0 spiro atoms. The zero-order chi connectivity index (χ0) is 15.2. The van der Waals surface area contributed by atoms with Crippen LogP contribution >= 0.6 is 0 Å². The van der Waals surface area contributed by atoms with Crippen molar-refractivity contribution in [3.8, 4) is 0 Å². The summed E-state index contributed by atoms with van der Waals surface area (Å²) in [4.78, 5) is 24.8. The summed E-state index contributed by atoms with van der Waals surface area (Å²) < 4.78 is 0. The SMILES string of the molecule is CCN(CCC(=O)O)C(=O)C(C)(C)Cc1ccccc1. The van der Waals surface area contributed by atoms with E-state index in [0.717, 1.165) is 5.56 Å². The first-order chi connectivity index (χ1) is 9.36. The van der Waals surface area contributed by atoms with E-state index in [2.05, 4.69) is 0 Å². The predicted octanol–water partition coefficient (Wildman–Crippen LogP) is 2.58. The van der Waals surface area contributed by atoms with Gasteiger partial charge in [-0.15, -0.1) is 0 Å². The van der Waals surface area contributed by atoms with Crippen LogP contribution in [0.2, 0.25) is 0 Å². The molecule has 0 radical (unpaired) electrons. The number of amides is 1. The van der Waals surface area contributed by atoms with Gasteiger partial charge in [-0.25, -0.2) is 0 Å². The monoisotopic (exact) mass is 277 g/mol. The van der Waals surface area contributed by atoms with Gasteiger partial charge >= 0.3 is 5.97 Å². The van der Waals surface area contributed by atoms with Crippen LogP contribution in [0.25, 0.3) is 0 Å². The van der Waals surface area contributed by atoms with Crippen molar-refractivity contribution >= 4 is 11.9 Å². The van der Waals surface area contributed by atoms with Crippen molar-refractivity contribution in [3.63, 3.8) is 0 Å². The van der Waals surface area contributed by atoms with Crippen molar-refractivity contribution < 1.29 is 14.7 Å². The van der Waals surface area contributed by atoms with Gasteiger partial charge in [-0.3, -0.25) is 9.59 Å². The highest BCUT2D eigenvalue weighted by molar-refractivity contribution is 5.82. The third-order valence-electron chi connectivity index (χ3n) is 3.33. The molecule has 20 heavy (non-hydrogen) atoms. The molecule has 1 amide bonds. The zero-order valence-corrected chi connectivity index (χ0v) is 12.4. The van der Waals surface area contributed by atoms with Crippen LogP contribution in [0.1, 0.15) is 32.8 Å². The van der Waals surface area contributed by atoms with Crippen LogP contribution in [0.5, 0.6) is 0 Å². The minimum absolute atomic E-state index is 0.00473. The van der Waals surface area contributed by atoms with Crippen LogP contribution in [0.3, 0.4) is 0 Å². The summed E-state index contributed by atoms with van der Waals surface area (Å²) in [5, 5.41) is 8.74. The fraction of sp³-hybridized carbons (Fsp3) is 0.500. The minimum Gasteiger partial charge on any atom is -0.481 e. The van der Waals surface area contributed by atoms with Gasteiger partial charge in [0.1, 0.15) is 0 Å². The molecular formula is C16H23NO3. The van der Waals surface area contributed by atoms with Gasteiger partial charge in [0.25, 0.3) is 0 Å². The number of nitrogens with zero attached hydrogens (tertiary/aromatic N) is 1. The number of aliphatic carboxylic acids is 1. The molecule has 0 saturated heterocycles. The molecule has 0 aliphatic carbocycles. The quantitative estimate of drug-likeness (QED) is 0.833. The van der Waals surface area contributed by atoms with E-state index in [9.17, 15) is 9.59 Å². The van der Waals surface area contributed by atoms with Crippen LogP contribution in [-0.2, 0) is 16.0 Å². The number of hydrogen-bond acceptors (Lipinski definition) is 2. The fourth-order valence-corrected chi connectivity index (χ4v) is 2.24. The van der Waals surface area contributed by atoms with Crippen molar-refractivity contribution in [2.45, 2.75) is 33.6 Å². The van der Waals surface area contributed by atoms with Crippen LogP contribution < -0.4 is 0 Å². The Kier molecular flexibility index (Phi) is 5.74. The minimum atomic E-state index is -0.878. The summed E-state index contributed by atoms with van der Waals surface area (Å²) in [6.07, 6.45) is 0.636. The van der Waals surface area contributed by atoms with E-state index < -0.39 is 11.4 Å². The van der Waals surface area contributed by atoms with Gasteiger partial charge in [-0.2, -0.15) is 0 Å². The highest BCUT2D eigenvalue weighted by atomic mass is 16.4. The maximum absolute atomic E-state index is 12.5. The molecule has 4 heteroatoms. The number of carboxylic acids is 1. The van der Waals surface area contributed by atoms with Gasteiger partial charge in [0.15, 0.2) is 0 Å². The van der Waals surface area contributed by atoms with Crippen molar-refractivity contribution in [1.82, 2.24) is 4.90 Å². The van der Waals surface area contributed by atoms with Crippen LogP contribution in [0.4, 0.5) is 0 Å². The van der Waals surface area contributed by atoms with Gasteiger partial charge in [0, 0.05) is 18.5 Å². The number of benzene rings is 1. The molecule has 0 atom stereocenters. The van der Waals surface area contributed by atoms with Crippen molar-refractivity contribution in [2.75, 3.05) is 13.1 Å². The summed E-state index contributed by atoms with van der Waals surface area (Å²) in [6, 6.07) is 9.87. The van der Waals surface area contributed by atoms with Crippen LogP contribution in [-0.4, -0.2) is 35.0 Å². The van der Waals surface area contributed by atoms with E-state index in [1.807, 2.05) is 51.1 Å². The van der Waals surface area contributed by atoms with Gasteiger partial charge in [0.2, 0.25) is 5.91 Å². The molecule has 0 aromatic heterocycles. The number of carbonyl (C=O) groups is 2. The second kappa shape index (κ2) is 7.08. The summed E-state index contributed by atoms with van der Waals surface area (Å²) in [7, 11) is 0. The Morgan fingerprint density at radius 2 is 1.80 bits per heavy atom. The second-order valence-corrected chi connectivity index (χ2v) is 5.57. The molecule has 1 rings (SSSR count). The molecule has 0 heterocycles. The number of rotatable bonds is 7. The lowest BCUT2D eigenvalue weighted by molar-refractivity contribution is -0.142. The molecule has 0 aliphatic rings. The Hall–Kier alpha value is -1.84. The predicted molar refractivity (Wildman–Crippen MR) is 78.4 cm³/mol. The standard InChI is InChI=1S/C16H23NO3/c1-4-17(11-10-14(18)19)15(20)16(2,3)12-13-8-6-5-7-9-13/h5-9H,4,10-12H2,1-3H3,(H,18,19). The van der Waals surface area contributed by atoms with Crippen LogP contribution in [0, 0.1) is 5.41 Å². The number of carbonyl (C=O) groups excluding carboxylic acids is 1. The first-order valence-electron chi connectivity index (χ1n) is 6.92. The Balaban J connectivity index is 2.73. The first-order valence-corrected chi connectivity index (χ1v) is 6.92. The maximum Gasteiger partial charge on any atom is 0.305 e. The number of carboxylic acid groups (broad SMARTS) is 1. The third-order valence-corrected chi connectivity index (χ3v) is 3.33. The molecular weight excluding hydrogens is 254 g/mol. The fourth-order valence-electron chi connectivity index (χ4n) is 2.24. The molecule has 0 saturated carbocycles. The molecule has 0 unspecified atom stereocenters. The topological polar surface area (TPSA) is 57.6 Å². The van der Waals surface area contributed by atoms with E-state index in [0.29, 0.717) is 13.0 Å². The van der Waals surface area contributed by atoms with Crippen LogP contribution in [0.15, 0.2) is 30.3 Å². The van der Waals surface area contributed by atoms with E-state index in [-0.39, 0.29) is 18.9 Å². The molecule has 1 aromatic rings. The Bertz CT molecular complexity index is 454. The normalized spacial score (nSPS) is 11.2. The van der Waals surface area contributed by atoms with E-state index in [1.54, 1.807) is 4.90 Å². The molecule has 1 aromatic carbocycles. The zero-order valence-electron chi connectivity index (χ0n) is 12.4. The Morgan fingerprint density at radius 3 is 2.30 bits per heavy atom. The van der Waals surface area contributed by atoms with Gasteiger partial charge in [-0.05, 0) is 18.9 Å². The van der Waals surface area contributed by atoms with E-state index in [1.165, 1.54) is 0 Å². The lowest BCUT2D eigenvalue weighted by Crippen LogP contribution is -2.42. The highest BCUT2D eigenvalue weighted by Crippen LogP contribution is 2.24. The third kappa shape index (κ3) is 4.68. The molecule has 0 fully saturated rings. The Labute approximate surface area is 120 Å². The van der Waals surface area contributed by atoms with E-state index in [4.69, 9.17) is 5.11 Å². The molecule has 1 N–H and O–H groups in total. The Morgan fingerprint density at radius 1 is 1.20 bits per heavy atom. The maximum atomic E-state index is 12.5. The largest absolute Gasteiger partial charge is 0.481 e. The number of hydrogen-bond donors (Lipinski definition) is 1. The summed E-state index contributed by atoms with van der Waals surface area (Å²) in [5.41, 5.74) is 0.579. The van der Waals surface area contributed by atoms with Crippen molar-refractivity contribution in [2.24, 2.45) is 5.41 Å². The average Bonchev–Trinajstić information content (AvgIpc) is 2.39. The smallest absolute Gasteiger partial charge is 0.305 e. The molecule has 0 aliphatic heterocycles. The van der Waals surface area contributed by atoms with Gasteiger partial charge < -0.3 is 10.0 Å².